The zero-order chi connectivity index (χ0) is 14.0. The highest BCUT2D eigenvalue weighted by molar-refractivity contribution is 6.44. The number of anilines is 2. The second kappa shape index (κ2) is 5.96. The Balaban J connectivity index is 2.36. The van der Waals surface area contributed by atoms with Crippen molar-refractivity contribution >= 4 is 58.0 Å². The maximum atomic E-state index is 6.02. The predicted octanol–water partition coefficient (Wildman–Crippen LogP) is 4.24. The molecule has 9 heteroatoms. The molecule has 0 saturated carbocycles. The first-order valence-corrected chi connectivity index (χ1v) is 6.38. The number of rotatable bonds is 3. The lowest BCUT2D eigenvalue weighted by atomic mass is 10.3. The molecular weight excluding hydrogens is 334 g/mol. The van der Waals surface area contributed by atoms with E-state index in [1.54, 1.807) is 6.07 Å². The van der Waals surface area contributed by atoms with Crippen LogP contribution in [0.25, 0.3) is 0 Å². The molecule has 1 heterocycles. The Hall–Kier alpha value is -1.01. The molecule has 0 fully saturated rings. The lowest BCUT2D eigenvalue weighted by molar-refractivity contribution is 0.379. The molecule has 2 aromatic rings. The number of ether oxygens (including phenoxy) is 1. The first kappa shape index (κ1) is 14.4. The first-order valence-electron chi connectivity index (χ1n) is 4.86. The maximum Gasteiger partial charge on any atom is 0.322 e. The number of hydrogen-bond acceptors (Lipinski definition) is 5. The van der Waals surface area contributed by atoms with Crippen LogP contribution < -0.4 is 10.1 Å². The van der Waals surface area contributed by atoms with E-state index in [9.17, 15) is 0 Å². The van der Waals surface area contributed by atoms with Crippen LogP contribution in [0.5, 0.6) is 6.01 Å². The van der Waals surface area contributed by atoms with Gasteiger partial charge < -0.3 is 10.1 Å². The van der Waals surface area contributed by atoms with Crippen molar-refractivity contribution in [1.29, 1.82) is 0 Å². The predicted molar refractivity (Wildman–Crippen MR) is 76.1 cm³/mol. The highest BCUT2D eigenvalue weighted by Crippen LogP contribution is 2.33. The third-order valence-corrected chi connectivity index (χ3v) is 3.23. The SMILES string of the molecule is COc1nc(Cl)nc(Nc2cc(Cl)c(Cl)cc2Cl)n1. The maximum absolute atomic E-state index is 6.02. The number of halogens is 4. The summed E-state index contributed by atoms with van der Waals surface area (Å²) in [5.74, 6) is 0.178. The van der Waals surface area contributed by atoms with Gasteiger partial charge in [-0.2, -0.15) is 15.0 Å². The fourth-order valence-electron chi connectivity index (χ4n) is 1.22. The molecule has 1 N–H and O–H groups in total. The molecule has 19 heavy (non-hydrogen) atoms. The van der Waals surface area contributed by atoms with Crippen LogP contribution in [0.15, 0.2) is 12.1 Å². The van der Waals surface area contributed by atoms with Gasteiger partial charge in [0.2, 0.25) is 11.2 Å². The molecule has 5 nitrogen and oxygen atoms in total. The summed E-state index contributed by atoms with van der Waals surface area (Å²) in [6.45, 7) is 0. The van der Waals surface area contributed by atoms with Gasteiger partial charge in [-0.05, 0) is 23.7 Å². The molecule has 0 aliphatic carbocycles. The van der Waals surface area contributed by atoms with Crippen molar-refractivity contribution in [3.05, 3.63) is 32.5 Å². The van der Waals surface area contributed by atoms with Gasteiger partial charge in [0.05, 0.1) is 27.9 Å². The van der Waals surface area contributed by atoms with Gasteiger partial charge in [0.25, 0.3) is 0 Å². The number of aromatic nitrogens is 3. The summed E-state index contributed by atoms with van der Waals surface area (Å²) in [7, 11) is 1.42. The fourth-order valence-corrected chi connectivity index (χ4v) is 1.96. The van der Waals surface area contributed by atoms with E-state index in [0.29, 0.717) is 20.8 Å². The minimum Gasteiger partial charge on any atom is -0.467 e. The van der Waals surface area contributed by atoms with E-state index in [1.165, 1.54) is 13.2 Å². The molecule has 0 unspecified atom stereocenters. The average molecular weight is 340 g/mol. The number of methoxy groups -OCH3 is 1. The van der Waals surface area contributed by atoms with Crippen LogP contribution in [-0.4, -0.2) is 22.1 Å². The fraction of sp³-hybridized carbons (Fsp3) is 0.100. The zero-order valence-electron chi connectivity index (χ0n) is 9.42. The lowest BCUT2D eigenvalue weighted by Crippen LogP contribution is -2.02. The molecule has 0 aliphatic heterocycles. The van der Waals surface area contributed by atoms with Crippen molar-refractivity contribution < 1.29 is 4.74 Å². The molecule has 1 aromatic heterocycles. The zero-order valence-corrected chi connectivity index (χ0v) is 12.4. The van der Waals surface area contributed by atoms with Gasteiger partial charge in [-0.1, -0.05) is 34.8 Å². The van der Waals surface area contributed by atoms with Crippen molar-refractivity contribution in [2.45, 2.75) is 0 Å². The van der Waals surface area contributed by atoms with E-state index in [4.69, 9.17) is 51.1 Å². The van der Waals surface area contributed by atoms with Gasteiger partial charge in [-0.25, -0.2) is 0 Å². The van der Waals surface area contributed by atoms with Crippen LogP contribution in [0.2, 0.25) is 20.4 Å². The molecule has 0 saturated heterocycles. The number of hydrogen-bond donors (Lipinski definition) is 1. The van der Waals surface area contributed by atoms with E-state index in [0.717, 1.165) is 0 Å². The van der Waals surface area contributed by atoms with Gasteiger partial charge in [0.15, 0.2) is 0 Å². The van der Waals surface area contributed by atoms with Gasteiger partial charge in [0.1, 0.15) is 0 Å². The van der Waals surface area contributed by atoms with Crippen LogP contribution in [0.3, 0.4) is 0 Å². The minimum atomic E-state index is -0.00877. The topological polar surface area (TPSA) is 59.9 Å². The molecule has 100 valence electrons. The molecule has 0 radical (unpaired) electrons. The molecule has 0 aliphatic rings. The Bertz CT molecular complexity index is 623. The molecule has 2 rings (SSSR count). The van der Waals surface area contributed by atoms with E-state index < -0.39 is 0 Å². The monoisotopic (exact) mass is 338 g/mol. The van der Waals surface area contributed by atoms with Crippen LogP contribution in [0.4, 0.5) is 11.6 Å². The number of benzene rings is 1. The summed E-state index contributed by atoms with van der Waals surface area (Å²) in [4.78, 5) is 11.6. The summed E-state index contributed by atoms with van der Waals surface area (Å²) in [6.07, 6.45) is 0. The van der Waals surface area contributed by atoms with Crippen molar-refractivity contribution in [2.24, 2.45) is 0 Å². The second-order valence-corrected chi connectivity index (χ2v) is 4.85. The van der Waals surface area contributed by atoms with Crippen LogP contribution in [0, 0.1) is 0 Å². The third kappa shape index (κ3) is 3.51. The Morgan fingerprint density at radius 2 is 1.63 bits per heavy atom. The molecule has 0 spiro atoms. The van der Waals surface area contributed by atoms with E-state index in [1.807, 2.05) is 0 Å². The van der Waals surface area contributed by atoms with Gasteiger partial charge >= 0.3 is 6.01 Å². The van der Waals surface area contributed by atoms with Crippen LogP contribution in [0.1, 0.15) is 0 Å². The molecular formula is C10H6Cl4N4O. The summed E-state index contributed by atoms with van der Waals surface area (Å²) in [5, 5.41) is 3.91. The van der Waals surface area contributed by atoms with Crippen molar-refractivity contribution in [3.8, 4) is 6.01 Å². The standard InChI is InChI=1S/C10H6Cl4N4O/c1-19-10-17-8(14)16-9(18-10)15-7-3-5(12)4(11)2-6(7)13/h2-3H,1H3,(H,15,16,17,18). The Labute approximate surface area is 128 Å². The quantitative estimate of drug-likeness (QED) is 0.847. The minimum absolute atomic E-state index is 0.00877. The van der Waals surface area contributed by atoms with E-state index in [-0.39, 0.29) is 17.2 Å². The molecule has 0 amide bonds. The number of nitrogens with zero attached hydrogens (tertiary/aromatic N) is 3. The largest absolute Gasteiger partial charge is 0.467 e. The van der Waals surface area contributed by atoms with E-state index in [2.05, 4.69) is 20.3 Å². The average Bonchev–Trinajstić information content (AvgIpc) is 2.35. The lowest BCUT2D eigenvalue weighted by Gasteiger charge is -2.09. The molecule has 0 atom stereocenters. The van der Waals surface area contributed by atoms with Gasteiger partial charge in [-0.3, -0.25) is 0 Å². The summed E-state index contributed by atoms with van der Waals surface area (Å²) in [6, 6.07) is 3.14. The van der Waals surface area contributed by atoms with Gasteiger partial charge in [0, 0.05) is 0 Å². The first-order chi connectivity index (χ1) is 8.99. The normalized spacial score (nSPS) is 10.4. The van der Waals surface area contributed by atoms with Crippen LogP contribution in [-0.2, 0) is 0 Å². The van der Waals surface area contributed by atoms with Gasteiger partial charge in [-0.15, -0.1) is 0 Å². The summed E-state index contributed by atoms with van der Waals surface area (Å²) >= 11 is 23.5. The Morgan fingerprint density at radius 1 is 0.947 bits per heavy atom. The smallest absolute Gasteiger partial charge is 0.322 e. The summed E-state index contributed by atoms with van der Waals surface area (Å²) in [5.41, 5.74) is 0.486. The Morgan fingerprint density at radius 3 is 2.32 bits per heavy atom. The molecule has 0 bridgehead atoms. The highest BCUT2D eigenvalue weighted by atomic mass is 35.5. The highest BCUT2D eigenvalue weighted by Gasteiger charge is 2.10. The van der Waals surface area contributed by atoms with Crippen LogP contribution >= 0.6 is 46.4 Å². The van der Waals surface area contributed by atoms with Crippen molar-refractivity contribution in [3.63, 3.8) is 0 Å². The molecule has 1 aromatic carbocycles. The third-order valence-electron chi connectivity index (χ3n) is 2.03. The number of nitrogens with one attached hydrogen (secondary N) is 1. The van der Waals surface area contributed by atoms with Crippen molar-refractivity contribution in [2.75, 3.05) is 12.4 Å². The summed E-state index contributed by atoms with van der Waals surface area (Å²) < 4.78 is 4.88. The van der Waals surface area contributed by atoms with Crippen molar-refractivity contribution in [1.82, 2.24) is 15.0 Å². The van der Waals surface area contributed by atoms with E-state index >= 15 is 0 Å². The second-order valence-electron chi connectivity index (χ2n) is 3.29. The Kier molecular flexibility index (Phi) is 4.52.